The van der Waals surface area contributed by atoms with E-state index in [1.807, 2.05) is 0 Å². The maximum atomic E-state index is 13.0. The van der Waals surface area contributed by atoms with E-state index in [0.717, 1.165) is 6.92 Å². The molecule has 0 saturated carbocycles. The van der Waals surface area contributed by atoms with Crippen molar-refractivity contribution in [1.82, 2.24) is 5.16 Å². The molecule has 0 radical (unpaired) electrons. The van der Waals surface area contributed by atoms with Gasteiger partial charge in [0.05, 0.1) is 0 Å². The topological polar surface area (TPSA) is 52.0 Å². The van der Waals surface area contributed by atoms with E-state index in [-0.39, 0.29) is 12.3 Å². The molecule has 17 heavy (non-hydrogen) atoms. The SMILES string of the molecule is CC(F)(F)Cc1ccccc1-c1cc(N)on1. The van der Waals surface area contributed by atoms with Crippen LogP contribution in [0, 0.1) is 0 Å². The molecule has 1 aromatic carbocycles. The lowest BCUT2D eigenvalue weighted by Gasteiger charge is -2.12. The van der Waals surface area contributed by atoms with Gasteiger partial charge in [0.25, 0.3) is 0 Å². The normalized spacial score (nSPS) is 11.7. The Kier molecular flexibility index (Phi) is 2.83. The van der Waals surface area contributed by atoms with Crippen LogP contribution in [-0.4, -0.2) is 11.1 Å². The van der Waals surface area contributed by atoms with E-state index in [0.29, 0.717) is 16.8 Å². The number of rotatable bonds is 3. The largest absolute Gasteiger partial charge is 0.368 e. The Morgan fingerprint density at radius 1 is 1.35 bits per heavy atom. The first kappa shape index (κ1) is 11.6. The number of anilines is 1. The van der Waals surface area contributed by atoms with Crippen LogP contribution in [0.2, 0.25) is 0 Å². The number of halogens is 2. The molecule has 0 unspecified atom stereocenters. The van der Waals surface area contributed by atoms with E-state index in [1.54, 1.807) is 24.3 Å². The number of benzene rings is 1. The summed E-state index contributed by atoms with van der Waals surface area (Å²) in [5, 5.41) is 3.73. The van der Waals surface area contributed by atoms with Gasteiger partial charge in [0, 0.05) is 18.1 Å². The molecule has 0 fully saturated rings. The number of nitrogen functional groups attached to an aromatic ring is 1. The number of aromatic nitrogens is 1. The van der Waals surface area contributed by atoms with Crippen molar-refractivity contribution in [1.29, 1.82) is 0 Å². The molecule has 0 spiro atoms. The number of hydrogen-bond donors (Lipinski definition) is 1. The van der Waals surface area contributed by atoms with Gasteiger partial charge in [-0.3, -0.25) is 0 Å². The molecular weight excluding hydrogens is 226 g/mol. The molecule has 1 aromatic heterocycles. The second-order valence-corrected chi connectivity index (χ2v) is 4.02. The van der Waals surface area contributed by atoms with Crippen LogP contribution in [0.15, 0.2) is 34.9 Å². The van der Waals surface area contributed by atoms with Crippen molar-refractivity contribution in [2.24, 2.45) is 0 Å². The van der Waals surface area contributed by atoms with E-state index in [4.69, 9.17) is 10.3 Å². The van der Waals surface area contributed by atoms with Gasteiger partial charge in [-0.1, -0.05) is 29.4 Å². The summed E-state index contributed by atoms with van der Waals surface area (Å²) in [6, 6.07) is 8.37. The van der Waals surface area contributed by atoms with Crippen molar-refractivity contribution >= 4 is 5.88 Å². The highest BCUT2D eigenvalue weighted by molar-refractivity contribution is 5.65. The third-order valence-electron chi connectivity index (χ3n) is 2.32. The standard InChI is InChI=1S/C12H12F2N2O/c1-12(13,14)7-8-4-2-3-5-9(8)10-6-11(15)17-16-10/h2-6H,7,15H2,1H3. The first-order chi connectivity index (χ1) is 7.96. The Morgan fingerprint density at radius 2 is 2.06 bits per heavy atom. The van der Waals surface area contributed by atoms with E-state index < -0.39 is 5.92 Å². The average Bonchev–Trinajstić information content (AvgIpc) is 2.63. The molecule has 0 saturated heterocycles. The van der Waals surface area contributed by atoms with E-state index >= 15 is 0 Å². The van der Waals surface area contributed by atoms with Gasteiger partial charge in [0.2, 0.25) is 11.8 Å². The third-order valence-corrected chi connectivity index (χ3v) is 2.32. The zero-order valence-electron chi connectivity index (χ0n) is 9.28. The molecule has 0 aliphatic carbocycles. The maximum Gasteiger partial charge on any atom is 0.249 e. The fourth-order valence-corrected chi connectivity index (χ4v) is 1.68. The van der Waals surface area contributed by atoms with Crippen LogP contribution >= 0.6 is 0 Å². The van der Waals surface area contributed by atoms with Crippen LogP contribution in [-0.2, 0) is 6.42 Å². The molecule has 2 N–H and O–H groups in total. The molecule has 0 aliphatic rings. The van der Waals surface area contributed by atoms with Crippen LogP contribution in [0.3, 0.4) is 0 Å². The summed E-state index contributed by atoms with van der Waals surface area (Å²) < 4.78 is 30.8. The Bertz CT molecular complexity index is 517. The van der Waals surface area contributed by atoms with Gasteiger partial charge in [-0.25, -0.2) is 8.78 Å². The zero-order chi connectivity index (χ0) is 12.5. The molecule has 0 aliphatic heterocycles. The average molecular weight is 238 g/mol. The summed E-state index contributed by atoms with van der Waals surface area (Å²) in [4.78, 5) is 0. The highest BCUT2D eigenvalue weighted by atomic mass is 19.3. The van der Waals surface area contributed by atoms with Crippen LogP contribution in [0.4, 0.5) is 14.7 Å². The number of alkyl halides is 2. The lowest BCUT2D eigenvalue weighted by atomic mass is 9.99. The van der Waals surface area contributed by atoms with Gasteiger partial charge < -0.3 is 10.3 Å². The van der Waals surface area contributed by atoms with Gasteiger partial charge in [-0.05, 0) is 12.5 Å². The number of nitrogens with zero attached hydrogens (tertiary/aromatic N) is 1. The lowest BCUT2D eigenvalue weighted by molar-refractivity contribution is 0.0227. The van der Waals surface area contributed by atoms with Crippen molar-refractivity contribution in [3.8, 4) is 11.3 Å². The van der Waals surface area contributed by atoms with Crippen LogP contribution in [0.1, 0.15) is 12.5 Å². The Morgan fingerprint density at radius 3 is 2.65 bits per heavy atom. The molecule has 2 aromatic rings. The van der Waals surface area contributed by atoms with Crippen molar-refractivity contribution in [3.63, 3.8) is 0 Å². The fraction of sp³-hybridized carbons (Fsp3) is 0.250. The van der Waals surface area contributed by atoms with Crippen molar-refractivity contribution < 1.29 is 13.3 Å². The molecule has 90 valence electrons. The van der Waals surface area contributed by atoms with Gasteiger partial charge in [-0.2, -0.15) is 0 Å². The number of hydrogen-bond acceptors (Lipinski definition) is 3. The van der Waals surface area contributed by atoms with Gasteiger partial charge >= 0.3 is 0 Å². The summed E-state index contributed by atoms with van der Waals surface area (Å²) in [6.45, 7) is 0.890. The van der Waals surface area contributed by atoms with Crippen molar-refractivity contribution in [3.05, 3.63) is 35.9 Å². The second-order valence-electron chi connectivity index (χ2n) is 4.02. The molecule has 0 atom stereocenters. The minimum Gasteiger partial charge on any atom is -0.368 e. The van der Waals surface area contributed by atoms with Crippen LogP contribution < -0.4 is 5.73 Å². The van der Waals surface area contributed by atoms with Crippen LogP contribution in [0.5, 0.6) is 0 Å². The lowest BCUT2D eigenvalue weighted by Crippen LogP contribution is -2.14. The molecular formula is C12H12F2N2O. The number of nitrogens with two attached hydrogens (primary N) is 1. The molecule has 5 heteroatoms. The minimum absolute atomic E-state index is 0.165. The van der Waals surface area contributed by atoms with Gasteiger partial charge in [-0.15, -0.1) is 0 Å². The quantitative estimate of drug-likeness (QED) is 0.893. The smallest absolute Gasteiger partial charge is 0.249 e. The second kappa shape index (κ2) is 4.16. The Labute approximate surface area is 97.2 Å². The predicted octanol–water partition coefficient (Wildman–Crippen LogP) is 3.12. The van der Waals surface area contributed by atoms with Crippen molar-refractivity contribution in [2.45, 2.75) is 19.3 Å². The Hall–Kier alpha value is -1.91. The predicted molar refractivity (Wildman–Crippen MR) is 60.7 cm³/mol. The Balaban J connectivity index is 2.41. The first-order valence-electron chi connectivity index (χ1n) is 5.14. The summed E-state index contributed by atoms with van der Waals surface area (Å²) >= 11 is 0. The summed E-state index contributed by atoms with van der Waals surface area (Å²) in [5.74, 6) is -2.59. The van der Waals surface area contributed by atoms with Crippen LogP contribution in [0.25, 0.3) is 11.3 Å². The van der Waals surface area contributed by atoms with Gasteiger partial charge in [0.1, 0.15) is 5.69 Å². The zero-order valence-corrected chi connectivity index (χ0v) is 9.28. The van der Waals surface area contributed by atoms with E-state index in [1.165, 1.54) is 6.07 Å². The first-order valence-corrected chi connectivity index (χ1v) is 5.14. The monoisotopic (exact) mass is 238 g/mol. The summed E-state index contributed by atoms with van der Waals surface area (Å²) in [7, 11) is 0. The molecule has 0 amide bonds. The van der Waals surface area contributed by atoms with Crippen molar-refractivity contribution in [2.75, 3.05) is 5.73 Å². The molecule has 0 bridgehead atoms. The maximum absolute atomic E-state index is 13.0. The molecule has 3 nitrogen and oxygen atoms in total. The minimum atomic E-state index is -2.76. The van der Waals surface area contributed by atoms with Gasteiger partial charge in [0.15, 0.2) is 0 Å². The molecule has 2 rings (SSSR count). The highest BCUT2D eigenvalue weighted by Gasteiger charge is 2.23. The van der Waals surface area contributed by atoms with E-state index in [2.05, 4.69) is 5.16 Å². The summed E-state index contributed by atoms with van der Waals surface area (Å²) in [6.07, 6.45) is -0.337. The van der Waals surface area contributed by atoms with E-state index in [9.17, 15) is 8.78 Å². The fourth-order valence-electron chi connectivity index (χ4n) is 1.68. The summed E-state index contributed by atoms with van der Waals surface area (Å²) in [5.41, 5.74) is 7.03. The highest BCUT2D eigenvalue weighted by Crippen LogP contribution is 2.28. The molecule has 1 heterocycles. The third kappa shape index (κ3) is 2.81.